The first kappa shape index (κ1) is 30.3. The van der Waals surface area contributed by atoms with Gasteiger partial charge in [0.15, 0.2) is 6.61 Å². The Hall–Kier alpha value is -3.29. The SMILES string of the molecule is CCOC(=O)c1c(NC(=O)COC(=O)CNC(=O)CNS(=O)(=O)c2ccc(C)c(C)c2)sc2c1CC[C@H](C)C2. The van der Waals surface area contributed by atoms with Crippen LogP contribution in [0, 0.1) is 19.8 Å². The quantitative estimate of drug-likeness (QED) is 0.342. The fourth-order valence-electron chi connectivity index (χ4n) is 3.98. The van der Waals surface area contributed by atoms with Crippen molar-refractivity contribution in [2.24, 2.45) is 5.92 Å². The van der Waals surface area contributed by atoms with Gasteiger partial charge in [-0.3, -0.25) is 14.4 Å². The van der Waals surface area contributed by atoms with Gasteiger partial charge in [0, 0.05) is 4.88 Å². The Kier molecular flexibility index (Phi) is 10.2. The van der Waals surface area contributed by atoms with Crippen LogP contribution in [0.25, 0.3) is 0 Å². The third-order valence-corrected chi connectivity index (χ3v) is 8.82. The molecule has 39 heavy (non-hydrogen) atoms. The number of aryl methyl sites for hydroxylation is 2. The van der Waals surface area contributed by atoms with Crippen LogP contribution < -0.4 is 15.4 Å². The highest BCUT2D eigenvalue weighted by Gasteiger charge is 2.29. The van der Waals surface area contributed by atoms with Crippen molar-refractivity contribution in [3.63, 3.8) is 0 Å². The summed E-state index contributed by atoms with van der Waals surface area (Å²) in [6.45, 7) is 5.89. The summed E-state index contributed by atoms with van der Waals surface area (Å²) in [6, 6.07) is 4.60. The van der Waals surface area contributed by atoms with Gasteiger partial charge >= 0.3 is 11.9 Å². The number of fused-ring (bicyclic) bond motifs is 1. The summed E-state index contributed by atoms with van der Waals surface area (Å²) < 4.78 is 37.1. The molecular weight excluding hydrogens is 546 g/mol. The minimum atomic E-state index is -3.91. The number of carbonyl (C=O) groups is 4. The molecule has 13 heteroatoms. The summed E-state index contributed by atoms with van der Waals surface area (Å²) in [6.07, 6.45) is 2.45. The minimum absolute atomic E-state index is 0.0241. The zero-order valence-corrected chi connectivity index (χ0v) is 24.0. The van der Waals surface area contributed by atoms with E-state index in [1.165, 1.54) is 23.5 Å². The van der Waals surface area contributed by atoms with Crippen LogP contribution in [0.15, 0.2) is 23.1 Å². The van der Waals surface area contributed by atoms with Crippen molar-refractivity contribution in [3.8, 4) is 0 Å². The van der Waals surface area contributed by atoms with E-state index in [0.717, 1.165) is 34.4 Å². The highest BCUT2D eigenvalue weighted by molar-refractivity contribution is 7.89. The summed E-state index contributed by atoms with van der Waals surface area (Å²) in [5.74, 6) is -2.32. The van der Waals surface area contributed by atoms with Gasteiger partial charge in [-0.25, -0.2) is 17.9 Å². The lowest BCUT2D eigenvalue weighted by atomic mass is 9.88. The Bertz CT molecular complexity index is 1370. The van der Waals surface area contributed by atoms with Gasteiger partial charge in [-0.15, -0.1) is 11.3 Å². The molecule has 1 atom stereocenters. The fraction of sp³-hybridized carbons (Fsp3) is 0.462. The lowest BCUT2D eigenvalue weighted by molar-refractivity contribution is -0.147. The van der Waals surface area contributed by atoms with Crippen LogP contribution in [-0.4, -0.2) is 58.5 Å². The van der Waals surface area contributed by atoms with Crippen LogP contribution in [0.3, 0.4) is 0 Å². The number of sulfonamides is 1. The van der Waals surface area contributed by atoms with Gasteiger partial charge in [-0.05, 0) is 74.8 Å². The molecule has 0 spiro atoms. The molecule has 1 aliphatic carbocycles. The maximum absolute atomic E-state index is 12.6. The average Bonchev–Trinajstić information content (AvgIpc) is 3.23. The number of hydrogen-bond donors (Lipinski definition) is 3. The molecular formula is C26H33N3O8S2. The molecule has 1 aromatic carbocycles. The molecule has 0 saturated heterocycles. The van der Waals surface area contributed by atoms with E-state index in [1.807, 2.05) is 6.92 Å². The number of rotatable bonds is 11. The molecule has 11 nitrogen and oxygen atoms in total. The number of ether oxygens (including phenoxy) is 2. The predicted octanol–water partition coefficient (Wildman–Crippen LogP) is 2.24. The number of anilines is 1. The van der Waals surface area contributed by atoms with E-state index in [2.05, 4.69) is 22.3 Å². The lowest BCUT2D eigenvalue weighted by Gasteiger charge is -2.18. The first-order valence-corrected chi connectivity index (χ1v) is 14.8. The second-order valence-corrected chi connectivity index (χ2v) is 12.2. The number of esters is 2. The molecule has 212 valence electrons. The van der Waals surface area contributed by atoms with E-state index in [1.54, 1.807) is 19.9 Å². The molecule has 0 saturated carbocycles. The Morgan fingerprint density at radius 3 is 2.49 bits per heavy atom. The highest BCUT2D eigenvalue weighted by atomic mass is 32.2. The molecule has 0 radical (unpaired) electrons. The zero-order valence-electron chi connectivity index (χ0n) is 22.3. The Labute approximate surface area is 231 Å². The molecule has 3 rings (SSSR count). The minimum Gasteiger partial charge on any atom is -0.462 e. The molecule has 2 aromatic rings. The van der Waals surface area contributed by atoms with Gasteiger partial charge < -0.3 is 20.1 Å². The summed E-state index contributed by atoms with van der Waals surface area (Å²) in [5.41, 5.74) is 2.96. The van der Waals surface area contributed by atoms with Gasteiger partial charge in [0.25, 0.3) is 5.91 Å². The van der Waals surface area contributed by atoms with Crippen LogP contribution >= 0.6 is 11.3 Å². The summed E-state index contributed by atoms with van der Waals surface area (Å²) >= 11 is 1.32. The highest BCUT2D eigenvalue weighted by Crippen LogP contribution is 2.40. The molecule has 0 fully saturated rings. The average molecular weight is 580 g/mol. The summed E-state index contributed by atoms with van der Waals surface area (Å²) in [4.78, 5) is 50.1. The lowest BCUT2D eigenvalue weighted by Crippen LogP contribution is -2.39. The predicted molar refractivity (Wildman–Crippen MR) is 145 cm³/mol. The Morgan fingerprint density at radius 1 is 1.05 bits per heavy atom. The Balaban J connectivity index is 1.47. The van der Waals surface area contributed by atoms with Gasteiger partial charge in [0.1, 0.15) is 11.5 Å². The molecule has 1 heterocycles. The molecule has 0 aliphatic heterocycles. The van der Waals surface area contributed by atoms with Crippen LogP contribution in [0.4, 0.5) is 5.00 Å². The number of amides is 2. The molecule has 0 unspecified atom stereocenters. The second-order valence-electron chi connectivity index (χ2n) is 9.33. The molecule has 2 amide bonds. The number of carbonyl (C=O) groups excluding carboxylic acids is 4. The van der Waals surface area contributed by atoms with Crippen molar-refractivity contribution in [3.05, 3.63) is 45.3 Å². The van der Waals surface area contributed by atoms with Gasteiger partial charge in [0.2, 0.25) is 15.9 Å². The maximum Gasteiger partial charge on any atom is 0.341 e. The van der Waals surface area contributed by atoms with E-state index in [-0.39, 0.29) is 11.5 Å². The van der Waals surface area contributed by atoms with Crippen molar-refractivity contribution in [2.75, 3.05) is 31.6 Å². The van der Waals surface area contributed by atoms with Crippen LogP contribution in [0.1, 0.15) is 52.2 Å². The third-order valence-electron chi connectivity index (χ3n) is 6.25. The fourth-order valence-corrected chi connectivity index (χ4v) is 6.46. The molecule has 3 N–H and O–H groups in total. The normalized spacial score (nSPS) is 14.7. The zero-order chi connectivity index (χ0) is 28.7. The van der Waals surface area contributed by atoms with E-state index >= 15 is 0 Å². The summed E-state index contributed by atoms with van der Waals surface area (Å²) in [5, 5.41) is 5.24. The van der Waals surface area contributed by atoms with Gasteiger partial charge in [-0.1, -0.05) is 13.0 Å². The van der Waals surface area contributed by atoms with Crippen LogP contribution in [0.5, 0.6) is 0 Å². The van der Waals surface area contributed by atoms with Crippen LogP contribution in [0.2, 0.25) is 0 Å². The van der Waals surface area contributed by atoms with E-state index < -0.39 is 53.5 Å². The topological polar surface area (TPSA) is 157 Å². The molecule has 1 aliphatic rings. The van der Waals surface area contributed by atoms with Crippen LogP contribution in [-0.2, 0) is 46.7 Å². The maximum atomic E-state index is 12.6. The first-order chi connectivity index (χ1) is 18.4. The molecule has 1 aromatic heterocycles. The number of nitrogens with one attached hydrogen (secondary N) is 3. The van der Waals surface area contributed by atoms with Crippen molar-refractivity contribution < 1.29 is 37.1 Å². The number of benzene rings is 1. The molecule has 0 bridgehead atoms. The standard InChI is InChI=1S/C26H33N3O8S2/c1-5-36-26(33)24-19-9-6-15(2)10-20(19)38-25(24)29-22(31)14-37-23(32)13-27-21(30)12-28-39(34,35)18-8-7-16(3)17(4)11-18/h7-8,11,15,28H,5-6,9-10,12-14H2,1-4H3,(H,27,30)(H,29,31)/t15-/m0/s1. The first-order valence-electron chi connectivity index (χ1n) is 12.5. The van der Waals surface area contributed by atoms with E-state index in [0.29, 0.717) is 22.9 Å². The largest absolute Gasteiger partial charge is 0.462 e. The second kappa shape index (κ2) is 13.2. The number of hydrogen-bond acceptors (Lipinski definition) is 9. The van der Waals surface area contributed by atoms with E-state index in [9.17, 15) is 27.6 Å². The monoisotopic (exact) mass is 579 g/mol. The van der Waals surface area contributed by atoms with Crippen molar-refractivity contribution in [1.82, 2.24) is 10.0 Å². The van der Waals surface area contributed by atoms with Gasteiger partial charge in [-0.2, -0.15) is 0 Å². The van der Waals surface area contributed by atoms with Crippen molar-refractivity contribution >= 4 is 50.1 Å². The third kappa shape index (κ3) is 8.10. The number of thiophene rings is 1. The van der Waals surface area contributed by atoms with Crippen molar-refractivity contribution in [1.29, 1.82) is 0 Å². The Morgan fingerprint density at radius 2 is 1.79 bits per heavy atom. The van der Waals surface area contributed by atoms with Gasteiger partial charge in [0.05, 0.1) is 23.6 Å². The van der Waals surface area contributed by atoms with Crippen molar-refractivity contribution in [2.45, 2.75) is 51.9 Å². The summed E-state index contributed by atoms with van der Waals surface area (Å²) in [7, 11) is -3.91. The smallest absolute Gasteiger partial charge is 0.341 e. The van der Waals surface area contributed by atoms with E-state index in [4.69, 9.17) is 9.47 Å².